The molecular formula is C18H21ClN4O2S. The van der Waals surface area contributed by atoms with E-state index in [1.54, 1.807) is 24.3 Å². The summed E-state index contributed by atoms with van der Waals surface area (Å²) in [4.78, 5) is 4.39. The summed E-state index contributed by atoms with van der Waals surface area (Å²) in [6.45, 7) is 3.02. The molecule has 1 aromatic heterocycles. The fourth-order valence-corrected chi connectivity index (χ4v) is 4.34. The Hall–Kier alpha value is -1.96. The third-order valence-electron chi connectivity index (χ3n) is 4.29. The SMILES string of the molecule is C/C(=N\Nc1ccc(S(=O)(=O)N2CCCCC2)cn1)c1ccc(Cl)cc1. The molecule has 1 aliphatic heterocycles. The topological polar surface area (TPSA) is 74.7 Å². The summed E-state index contributed by atoms with van der Waals surface area (Å²) in [6, 6.07) is 10.5. The van der Waals surface area contributed by atoms with Gasteiger partial charge in [-0.05, 0) is 49.6 Å². The Balaban J connectivity index is 1.69. The van der Waals surface area contributed by atoms with Gasteiger partial charge >= 0.3 is 0 Å². The third kappa shape index (κ3) is 4.41. The van der Waals surface area contributed by atoms with Crippen LogP contribution in [0.5, 0.6) is 0 Å². The summed E-state index contributed by atoms with van der Waals surface area (Å²) in [6.07, 6.45) is 4.27. The van der Waals surface area contributed by atoms with Crippen molar-refractivity contribution in [1.82, 2.24) is 9.29 Å². The molecule has 0 aliphatic carbocycles. The third-order valence-corrected chi connectivity index (χ3v) is 6.42. The van der Waals surface area contributed by atoms with E-state index in [4.69, 9.17) is 11.6 Å². The molecule has 2 aromatic rings. The van der Waals surface area contributed by atoms with Gasteiger partial charge in [-0.3, -0.25) is 5.43 Å². The molecule has 0 atom stereocenters. The number of anilines is 1. The minimum absolute atomic E-state index is 0.211. The van der Waals surface area contributed by atoms with Crippen molar-refractivity contribution < 1.29 is 8.42 Å². The molecule has 0 spiro atoms. The highest BCUT2D eigenvalue weighted by molar-refractivity contribution is 7.89. The maximum atomic E-state index is 12.6. The molecule has 138 valence electrons. The van der Waals surface area contributed by atoms with Crippen LogP contribution in [0.15, 0.2) is 52.6 Å². The Labute approximate surface area is 158 Å². The number of rotatable bonds is 5. The number of piperidine rings is 1. The zero-order valence-electron chi connectivity index (χ0n) is 14.5. The fourth-order valence-electron chi connectivity index (χ4n) is 2.75. The number of nitrogens with one attached hydrogen (secondary N) is 1. The molecule has 1 fully saturated rings. The maximum Gasteiger partial charge on any atom is 0.244 e. The minimum atomic E-state index is -3.46. The van der Waals surface area contributed by atoms with Crippen LogP contribution in [0.3, 0.4) is 0 Å². The molecule has 1 saturated heterocycles. The summed E-state index contributed by atoms with van der Waals surface area (Å²) >= 11 is 5.88. The number of sulfonamides is 1. The average molecular weight is 393 g/mol. The van der Waals surface area contributed by atoms with Gasteiger partial charge in [-0.15, -0.1) is 0 Å². The summed E-state index contributed by atoms with van der Waals surface area (Å²) < 4.78 is 26.7. The van der Waals surface area contributed by atoms with Crippen molar-refractivity contribution in [3.05, 3.63) is 53.2 Å². The van der Waals surface area contributed by atoms with Gasteiger partial charge in [-0.1, -0.05) is 30.2 Å². The number of pyridine rings is 1. The van der Waals surface area contributed by atoms with Crippen LogP contribution in [-0.2, 0) is 10.0 Å². The molecule has 0 bridgehead atoms. The van der Waals surface area contributed by atoms with Crippen LogP contribution >= 0.6 is 11.6 Å². The van der Waals surface area contributed by atoms with E-state index in [0.29, 0.717) is 23.9 Å². The lowest BCUT2D eigenvalue weighted by atomic mass is 10.1. The van der Waals surface area contributed by atoms with Crippen LogP contribution in [0.25, 0.3) is 0 Å². The van der Waals surface area contributed by atoms with Crippen molar-refractivity contribution >= 4 is 33.2 Å². The van der Waals surface area contributed by atoms with Crippen LogP contribution in [0, 0.1) is 0 Å². The fraction of sp³-hybridized carbons (Fsp3) is 0.333. The van der Waals surface area contributed by atoms with E-state index < -0.39 is 10.0 Å². The van der Waals surface area contributed by atoms with Gasteiger partial charge in [-0.2, -0.15) is 9.41 Å². The first kappa shape index (κ1) is 18.8. The van der Waals surface area contributed by atoms with E-state index in [1.807, 2.05) is 19.1 Å². The Morgan fingerprint density at radius 3 is 2.42 bits per heavy atom. The average Bonchev–Trinajstić information content (AvgIpc) is 2.67. The molecular weight excluding hydrogens is 372 g/mol. The number of aromatic nitrogens is 1. The molecule has 8 heteroatoms. The van der Waals surface area contributed by atoms with E-state index in [1.165, 1.54) is 10.5 Å². The molecule has 0 amide bonds. The highest BCUT2D eigenvalue weighted by Crippen LogP contribution is 2.20. The lowest BCUT2D eigenvalue weighted by Crippen LogP contribution is -2.35. The molecule has 1 aliphatic rings. The molecule has 0 radical (unpaired) electrons. The normalized spacial score (nSPS) is 16.5. The van der Waals surface area contributed by atoms with Crippen LogP contribution in [0.2, 0.25) is 5.02 Å². The van der Waals surface area contributed by atoms with Gasteiger partial charge in [0.05, 0.1) is 5.71 Å². The van der Waals surface area contributed by atoms with Gasteiger partial charge in [-0.25, -0.2) is 13.4 Å². The molecule has 0 unspecified atom stereocenters. The van der Waals surface area contributed by atoms with Gasteiger partial charge in [0.1, 0.15) is 10.7 Å². The highest BCUT2D eigenvalue weighted by Gasteiger charge is 2.26. The smallest absolute Gasteiger partial charge is 0.244 e. The Morgan fingerprint density at radius 2 is 1.81 bits per heavy atom. The summed E-state index contributed by atoms with van der Waals surface area (Å²) in [5.74, 6) is 0.482. The zero-order chi connectivity index (χ0) is 18.6. The highest BCUT2D eigenvalue weighted by atomic mass is 35.5. The van der Waals surface area contributed by atoms with Crippen LogP contribution in [-0.4, -0.2) is 36.5 Å². The van der Waals surface area contributed by atoms with Gasteiger partial charge in [0, 0.05) is 24.3 Å². The summed E-state index contributed by atoms with van der Waals surface area (Å²) in [5, 5.41) is 4.95. The number of benzene rings is 1. The first-order chi connectivity index (χ1) is 12.5. The van der Waals surface area contributed by atoms with Crippen LogP contribution in [0.1, 0.15) is 31.7 Å². The summed E-state index contributed by atoms with van der Waals surface area (Å²) in [7, 11) is -3.46. The van der Waals surface area contributed by atoms with Crippen molar-refractivity contribution in [2.24, 2.45) is 5.10 Å². The van der Waals surface area contributed by atoms with E-state index in [0.717, 1.165) is 30.5 Å². The van der Waals surface area contributed by atoms with Gasteiger partial charge < -0.3 is 0 Å². The molecule has 2 heterocycles. The number of hydrogen-bond acceptors (Lipinski definition) is 5. The van der Waals surface area contributed by atoms with E-state index >= 15 is 0 Å². The first-order valence-corrected chi connectivity index (χ1v) is 10.3. The van der Waals surface area contributed by atoms with Gasteiger partial charge in [0.15, 0.2) is 0 Å². The predicted octanol–water partition coefficient (Wildman–Crippen LogP) is 3.75. The zero-order valence-corrected chi connectivity index (χ0v) is 16.1. The molecule has 26 heavy (non-hydrogen) atoms. The van der Waals surface area contributed by atoms with Crippen molar-refractivity contribution in [3.63, 3.8) is 0 Å². The van der Waals surface area contributed by atoms with E-state index in [9.17, 15) is 8.42 Å². The van der Waals surface area contributed by atoms with Crippen molar-refractivity contribution in [2.75, 3.05) is 18.5 Å². The molecule has 1 N–H and O–H groups in total. The number of nitrogens with zero attached hydrogens (tertiary/aromatic N) is 3. The van der Waals surface area contributed by atoms with Crippen LogP contribution < -0.4 is 5.43 Å². The maximum absolute atomic E-state index is 12.6. The Bertz CT molecular complexity index is 874. The van der Waals surface area contributed by atoms with Crippen molar-refractivity contribution in [2.45, 2.75) is 31.1 Å². The Kier molecular flexibility index (Phi) is 5.90. The minimum Gasteiger partial charge on any atom is -0.261 e. The largest absolute Gasteiger partial charge is 0.261 e. The van der Waals surface area contributed by atoms with Crippen molar-refractivity contribution in [3.8, 4) is 0 Å². The van der Waals surface area contributed by atoms with Crippen LogP contribution in [0.4, 0.5) is 5.82 Å². The second kappa shape index (κ2) is 8.16. The number of hydrazone groups is 1. The molecule has 6 nitrogen and oxygen atoms in total. The standard InChI is InChI=1S/C18H21ClN4O2S/c1-14(15-5-7-16(19)8-6-15)21-22-18-10-9-17(13-20-18)26(24,25)23-11-3-2-4-12-23/h5-10,13H,2-4,11-12H2,1H3,(H,20,22)/b21-14+. The summed E-state index contributed by atoms with van der Waals surface area (Å²) in [5.41, 5.74) is 4.56. The lowest BCUT2D eigenvalue weighted by Gasteiger charge is -2.25. The molecule has 0 saturated carbocycles. The number of hydrogen-bond donors (Lipinski definition) is 1. The lowest BCUT2D eigenvalue weighted by molar-refractivity contribution is 0.346. The molecule has 1 aromatic carbocycles. The predicted molar refractivity (Wildman–Crippen MR) is 104 cm³/mol. The monoisotopic (exact) mass is 392 g/mol. The number of halogens is 1. The first-order valence-electron chi connectivity index (χ1n) is 8.49. The van der Waals surface area contributed by atoms with Gasteiger partial charge in [0.25, 0.3) is 0 Å². The Morgan fingerprint density at radius 1 is 1.12 bits per heavy atom. The van der Waals surface area contributed by atoms with Crippen molar-refractivity contribution in [1.29, 1.82) is 0 Å². The second-order valence-electron chi connectivity index (χ2n) is 6.16. The quantitative estimate of drug-likeness (QED) is 0.621. The van der Waals surface area contributed by atoms with E-state index in [-0.39, 0.29) is 4.90 Å². The van der Waals surface area contributed by atoms with Gasteiger partial charge in [0.2, 0.25) is 10.0 Å². The van der Waals surface area contributed by atoms with E-state index in [2.05, 4.69) is 15.5 Å². The second-order valence-corrected chi connectivity index (χ2v) is 8.53. The molecule has 3 rings (SSSR count).